The van der Waals surface area contributed by atoms with Crippen LogP contribution in [0.15, 0.2) is 17.0 Å². The molecule has 0 bridgehead atoms. The summed E-state index contributed by atoms with van der Waals surface area (Å²) >= 11 is 1.40. The Labute approximate surface area is 101 Å². The second-order valence-corrected chi connectivity index (χ2v) is 6.28. The highest BCUT2D eigenvalue weighted by molar-refractivity contribution is 8.01. The van der Waals surface area contributed by atoms with Crippen LogP contribution in [-0.4, -0.2) is 15.8 Å². The molecule has 0 radical (unpaired) electrons. The number of rotatable bonds is 3. The molecular formula is C13H18O2S. The zero-order chi connectivity index (χ0) is 12.5. The van der Waals surface area contributed by atoms with E-state index in [9.17, 15) is 4.79 Å². The summed E-state index contributed by atoms with van der Waals surface area (Å²) in [5.74, 6) is -0.782. The van der Waals surface area contributed by atoms with Crippen molar-refractivity contribution < 1.29 is 9.90 Å². The van der Waals surface area contributed by atoms with Crippen LogP contribution in [0.4, 0.5) is 0 Å². The molecule has 1 rings (SSSR count). The predicted molar refractivity (Wildman–Crippen MR) is 68.2 cm³/mol. The first-order chi connectivity index (χ1) is 7.24. The van der Waals surface area contributed by atoms with Gasteiger partial charge in [0, 0.05) is 4.90 Å². The molecule has 0 atom stereocenters. The topological polar surface area (TPSA) is 37.3 Å². The Morgan fingerprint density at radius 1 is 1.12 bits per heavy atom. The maximum absolute atomic E-state index is 11.1. The van der Waals surface area contributed by atoms with Crippen LogP contribution in [0.5, 0.6) is 0 Å². The van der Waals surface area contributed by atoms with Gasteiger partial charge < -0.3 is 5.11 Å². The molecular weight excluding hydrogens is 220 g/mol. The van der Waals surface area contributed by atoms with Crippen molar-refractivity contribution in [3.05, 3.63) is 28.8 Å². The lowest BCUT2D eigenvalue weighted by Gasteiger charge is -2.20. The summed E-state index contributed by atoms with van der Waals surface area (Å²) in [6.07, 6.45) is 0. The van der Waals surface area contributed by atoms with Crippen molar-refractivity contribution in [3.63, 3.8) is 0 Å². The molecule has 0 amide bonds. The minimum absolute atomic E-state index is 0.782. The van der Waals surface area contributed by atoms with E-state index in [2.05, 4.69) is 19.1 Å². The van der Waals surface area contributed by atoms with Gasteiger partial charge >= 0.3 is 5.97 Å². The number of aryl methyl sites for hydroxylation is 3. The normalized spacial score (nSPS) is 11.6. The summed E-state index contributed by atoms with van der Waals surface area (Å²) in [6.45, 7) is 9.60. The van der Waals surface area contributed by atoms with Crippen LogP contribution in [0.25, 0.3) is 0 Å². The minimum atomic E-state index is -0.785. The van der Waals surface area contributed by atoms with Crippen LogP contribution in [-0.2, 0) is 4.79 Å². The molecule has 16 heavy (non-hydrogen) atoms. The third-order valence-corrected chi connectivity index (χ3v) is 4.02. The van der Waals surface area contributed by atoms with E-state index in [0.717, 1.165) is 10.5 Å². The number of carboxylic acid groups (broad SMARTS) is 1. The predicted octanol–water partition coefficient (Wildman–Crippen LogP) is 3.57. The number of hydrogen-bond donors (Lipinski definition) is 1. The van der Waals surface area contributed by atoms with Crippen molar-refractivity contribution in [1.82, 2.24) is 0 Å². The maximum atomic E-state index is 11.1. The largest absolute Gasteiger partial charge is 0.480 e. The van der Waals surface area contributed by atoms with Gasteiger partial charge in [0.05, 0.1) is 0 Å². The van der Waals surface area contributed by atoms with Gasteiger partial charge in [-0.3, -0.25) is 4.79 Å². The Bertz CT molecular complexity index is 422. The van der Waals surface area contributed by atoms with Crippen molar-refractivity contribution in [2.75, 3.05) is 0 Å². The lowest BCUT2D eigenvalue weighted by atomic mass is 10.1. The van der Waals surface area contributed by atoms with Gasteiger partial charge in [0.1, 0.15) is 4.75 Å². The van der Waals surface area contributed by atoms with E-state index in [1.54, 1.807) is 13.8 Å². The summed E-state index contributed by atoms with van der Waals surface area (Å²) < 4.78 is -0.785. The van der Waals surface area contributed by atoms with Gasteiger partial charge in [-0.15, -0.1) is 11.8 Å². The zero-order valence-electron chi connectivity index (χ0n) is 10.4. The molecule has 1 aromatic carbocycles. The van der Waals surface area contributed by atoms with E-state index in [1.165, 1.54) is 22.9 Å². The fourth-order valence-corrected chi connectivity index (χ4v) is 2.46. The first-order valence-corrected chi connectivity index (χ1v) is 6.06. The maximum Gasteiger partial charge on any atom is 0.319 e. The SMILES string of the molecule is Cc1cc(C)c(SC(C)(C)C(=O)O)cc1C. The molecule has 88 valence electrons. The van der Waals surface area contributed by atoms with Crippen molar-refractivity contribution in [2.24, 2.45) is 0 Å². The Kier molecular flexibility index (Phi) is 3.68. The first kappa shape index (κ1) is 13.1. The number of carboxylic acids is 1. The van der Waals surface area contributed by atoms with Crippen molar-refractivity contribution >= 4 is 17.7 Å². The number of benzene rings is 1. The minimum Gasteiger partial charge on any atom is -0.480 e. The molecule has 0 fully saturated rings. The summed E-state index contributed by atoms with van der Waals surface area (Å²) in [7, 11) is 0. The van der Waals surface area contributed by atoms with Crippen molar-refractivity contribution in [1.29, 1.82) is 0 Å². The highest BCUT2D eigenvalue weighted by Crippen LogP contribution is 2.35. The zero-order valence-corrected chi connectivity index (χ0v) is 11.2. The lowest BCUT2D eigenvalue weighted by molar-refractivity contribution is -0.138. The molecule has 0 saturated heterocycles. The van der Waals surface area contributed by atoms with E-state index in [4.69, 9.17) is 5.11 Å². The Balaban J connectivity index is 3.07. The number of hydrogen-bond acceptors (Lipinski definition) is 2. The Morgan fingerprint density at radius 2 is 1.62 bits per heavy atom. The fourth-order valence-electron chi connectivity index (χ4n) is 1.36. The molecule has 2 nitrogen and oxygen atoms in total. The van der Waals surface area contributed by atoms with Gasteiger partial charge in [-0.2, -0.15) is 0 Å². The third kappa shape index (κ3) is 2.79. The summed E-state index contributed by atoms with van der Waals surface area (Å²) in [6, 6.07) is 4.18. The molecule has 0 aromatic heterocycles. The van der Waals surface area contributed by atoms with Gasteiger partial charge in [-0.25, -0.2) is 0 Å². The molecule has 1 aromatic rings. The van der Waals surface area contributed by atoms with Crippen LogP contribution in [0.3, 0.4) is 0 Å². The second-order valence-electron chi connectivity index (χ2n) is 4.62. The number of aliphatic carboxylic acids is 1. The van der Waals surface area contributed by atoms with Gasteiger partial charge in [-0.1, -0.05) is 6.07 Å². The molecule has 0 aliphatic heterocycles. The van der Waals surface area contributed by atoms with Crippen LogP contribution in [0.1, 0.15) is 30.5 Å². The van der Waals surface area contributed by atoms with Crippen molar-refractivity contribution in [3.8, 4) is 0 Å². The molecule has 0 aliphatic carbocycles. The molecule has 0 unspecified atom stereocenters. The summed E-state index contributed by atoms with van der Waals surface area (Å²) in [5.41, 5.74) is 3.59. The lowest BCUT2D eigenvalue weighted by Crippen LogP contribution is -2.27. The average molecular weight is 238 g/mol. The van der Waals surface area contributed by atoms with Gasteiger partial charge in [0.25, 0.3) is 0 Å². The molecule has 1 N–H and O–H groups in total. The smallest absolute Gasteiger partial charge is 0.319 e. The Morgan fingerprint density at radius 3 is 2.12 bits per heavy atom. The van der Waals surface area contributed by atoms with Crippen LogP contribution in [0.2, 0.25) is 0 Å². The van der Waals surface area contributed by atoms with E-state index >= 15 is 0 Å². The standard InChI is InChI=1S/C13H18O2S/c1-8-6-10(3)11(7-9(8)2)16-13(4,5)12(14)15/h6-7H,1-5H3,(H,14,15). The Hall–Kier alpha value is -0.960. The summed E-state index contributed by atoms with van der Waals surface area (Å²) in [5, 5.41) is 9.10. The van der Waals surface area contributed by atoms with Crippen LogP contribution >= 0.6 is 11.8 Å². The highest BCUT2D eigenvalue weighted by atomic mass is 32.2. The fraction of sp³-hybridized carbons (Fsp3) is 0.462. The van der Waals surface area contributed by atoms with E-state index in [1.807, 2.05) is 13.8 Å². The van der Waals surface area contributed by atoms with E-state index in [-0.39, 0.29) is 0 Å². The molecule has 0 spiro atoms. The van der Waals surface area contributed by atoms with E-state index in [0.29, 0.717) is 0 Å². The van der Waals surface area contributed by atoms with Crippen molar-refractivity contribution in [2.45, 2.75) is 44.3 Å². The molecule has 0 saturated carbocycles. The van der Waals surface area contributed by atoms with Gasteiger partial charge in [0.2, 0.25) is 0 Å². The van der Waals surface area contributed by atoms with Crippen LogP contribution in [0, 0.1) is 20.8 Å². The number of thioether (sulfide) groups is 1. The molecule has 0 heterocycles. The summed E-state index contributed by atoms with van der Waals surface area (Å²) in [4.78, 5) is 12.1. The highest BCUT2D eigenvalue weighted by Gasteiger charge is 2.29. The monoisotopic (exact) mass is 238 g/mol. The second kappa shape index (κ2) is 4.50. The van der Waals surface area contributed by atoms with Gasteiger partial charge in [0.15, 0.2) is 0 Å². The first-order valence-electron chi connectivity index (χ1n) is 5.24. The average Bonchev–Trinajstić information content (AvgIpc) is 2.13. The van der Waals surface area contributed by atoms with E-state index < -0.39 is 10.7 Å². The third-order valence-electron chi connectivity index (χ3n) is 2.67. The quantitative estimate of drug-likeness (QED) is 0.818. The number of carbonyl (C=O) groups is 1. The van der Waals surface area contributed by atoms with Gasteiger partial charge in [-0.05, 0) is 57.4 Å². The molecule has 3 heteroatoms. The molecule has 0 aliphatic rings. The van der Waals surface area contributed by atoms with Crippen LogP contribution < -0.4 is 0 Å².